The molecule has 0 unspecified atom stereocenters. The molecule has 0 amide bonds. The molecule has 6 heteroatoms. The van der Waals surface area contributed by atoms with E-state index in [1.54, 1.807) is 6.92 Å². The summed E-state index contributed by atoms with van der Waals surface area (Å²) in [6.45, 7) is 2.89. The van der Waals surface area contributed by atoms with Crippen LogP contribution in [-0.4, -0.2) is 35.1 Å². The molecule has 1 aromatic carbocycles. The average molecular weight is 273 g/mol. The van der Waals surface area contributed by atoms with E-state index in [4.69, 9.17) is 4.52 Å². The Balaban J connectivity index is 1.96. The van der Waals surface area contributed by atoms with Gasteiger partial charge in [0.15, 0.2) is 11.8 Å². The Hall–Kier alpha value is -2.37. The molecular formula is C14H19N5O. The second-order valence-electron chi connectivity index (χ2n) is 4.61. The topological polar surface area (TPSA) is 66.6 Å². The average Bonchev–Trinajstić information content (AvgIpc) is 2.85. The lowest BCUT2D eigenvalue weighted by atomic mass is 10.2. The highest BCUT2D eigenvalue weighted by Crippen LogP contribution is 2.01. The summed E-state index contributed by atoms with van der Waals surface area (Å²) >= 11 is 0. The Morgan fingerprint density at radius 3 is 2.65 bits per heavy atom. The van der Waals surface area contributed by atoms with Crippen molar-refractivity contribution >= 4 is 5.96 Å². The lowest BCUT2D eigenvalue weighted by molar-refractivity contribution is 0.369. The molecule has 0 aliphatic rings. The minimum absolute atomic E-state index is 0.465. The minimum atomic E-state index is 0.465. The number of nitrogens with one attached hydrogen (secondary N) is 1. The van der Waals surface area contributed by atoms with Crippen LogP contribution in [-0.2, 0) is 13.1 Å². The van der Waals surface area contributed by atoms with Gasteiger partial charge in [0.2, 0.25) is 5.89 Å². The summed E-state index contributed by atoms with van der Waals surface area (Å²) in [5.74, 6) is 1.97. The van der Waals surface area contributed by atoms with Gasteiger partial charge < -0.3 is 14.7 Å². The van der Waals surface area contributed by atoms with Crippen molar-refractivity contribution in [3.05, 3.63) is 47.6 Å². The van der Waals surface area contributed by atoms with E-state index < -0.39 is 0 Å². The number of nitrogens with zero attached hydrogens (tertiary/aromatic N) is 4. The number of hydrogen-bond donors (Lipinski definition) is 1. The number of hydrogen-bond acceptors (Lipinski definition) is 4. The minimum Gasteiger partial charge on any atom is -0.349 e. The predicted molar refractivity (Wildman–Crippen MR) is 77.1 cm³/mol. The molecule has 2 rings (SSSR count). The van der Waals surface area contributed by atoms with Gasteiger partial charge in [-0.1, -0.05) is 35.5 Å². The van der Waals surface area contributed by atoms with Gasteiger partial charge in [-0.25, -0.2) is 4.99 Å². The monoisotopic (exact) mass is 273 g/mol. The zero-order valence-corrected chi connectivity index (χ0v) is 12.0. The summed E-state index contributed by atoms with van der Waals surface area (Å²) in [6, 6.07) is 10.1. The fraction of sp³-hybridized carbons (Fsp3) is 0.357. The zero-order valence-electron chi connectivity index (χ0n) is 12.0. The largest absolute Gasteiger partial charge is 0.349 e. The van der Waals surface area contributed by atoms with E-state index >= 15 is 0 Å². The van der Waals surface area contributed by atoms with E-state index in [9.17, 15) is 0 Å². The summed E-state index contributed by atoms with van der Waals surface area (Å²) < 4.78 is 5.06. The first-order chi connectivity index (χ1) is 9.65. The third-order valence-corrected chi connectivity index (χ3v) is 2.65. The number of benzene rings is 1. The second kappa shape index (κ2) is 6.70. The molecular weight excluding hydrogens is 254 g/mol. The van der Waals surface area contributed by atoms with E-state index in [1.807, 2.05) is 37.2 Å². The highest BCUT2D eigenvalue weighted by atomic mass is 16.5. The summed E-state index contributed by atoms with van der Waals surface area (Å²) in [7, 11) is 3.88. The molecule has 0 atom stereocenters. The van der Waals surface area contributed by atoms with Gasteiger partial charge in [-0.2, -0.15) is 4.98 Å². The molecule has 0 fully saturated rings. The van der Waals surface area contributed by atoms with E-state index in [0.29, 0.717) is 24.8 Å². The highest BCUT2D eigenvalue weighted by Gasteiger charge is 2.06. The van der Waals surface area contributed by atoms with Gasteiger partial charge in [0, 0.05) is 14.1 Å². The Morgan fingerprint density at radius 1 is 1.30 bits per heavy atom. The SMILES string of the molecule is Cc1noc(CNC(=NCc2ccccc2)N(C)C)n1. The van der Waals surface area contributed by atoms with E-state index in [2.05, 4.69) is 32.6 Å². The number of aryl methyl sites for hydroxylation is 1. The van der Waals surface area contributed by atoms with Crippen LogP contribution in [0.5, 0.6) is 0 Å². The number of aliphatic imine (C=N–C) groups is 1. The third-order valence-electron chi connectivity index (χ3n) is 2.65. The van der Waals surface area contributed by atoms with Crippen LogP contribution >= 0.6 is 0 Å². The molecule has 0 aliphatic carbocycles. The lowest BCUT2D eigenvalue weighted by Crippen LogP contribution is -2.36. The number of aromatic nitrogens is 2. The third kappa shape index (κ3) is 4.08. The number of rotatable bonds is 4. The van der Waals surface area contributed by atoms with Crippen molar-refractivity contribution in [2.45, 2.75) is 20.0 Å². The van der Waals surface area contributed by atoms with Crippen molar-refractivity contribution in [2.24, 2.45) is 4.99 Å². The molecule has 106 valence electrons. The Kier molecular flexibility index (Phi) is 4.70. The van der Waals surface area contributed by atoms with Crippen LogP contribution in [0.3, 0.4) is 0 Å². The lowest BCUT2D eigenvalue weighted by Gasteiger charge is -2.16. The first-order valence-electron chi connectivity index (χ1n) is 6.44. The van der Waals surface area contributed by atoms with Crippen LogP contribution in [0.4, 0.5) is 0 Å². The van der Waals surface area contributed by atoms with Crippen molar-refractivity contribution in [3.8, 4) is 0 Å². The maximum absolute atomic E-state index is 5.06. The van der Waals surface area contributed by atoms with Crippen LogP contribution < -0.4 is 5.32 Å². The summed E-state index contributed by atoms with van der Waals surface area (Å²) in [6.07, 6.45) is 0. The molecule has 0 aliphatic heterocycles. The van der Waals surface area contributed by atoms with Gasteiger partial charge in [-0.15, -0.1) is 0 Å². The van der Waals surface area contributed by atoms with E-state index in [1.165, 1.54) is 5.56 Å². The molecule has 0 spiro atoms. The van der Waals surface area contributed by atoms with Gasteiger partial charge in [0.25, 0.3) is 0 Å². The van der Waals surface area contributed by atoms with Crippen molar-refractivity contribution in [1.82, 2.24) is 20.4 Å². The molecule has 0 saturated carbocycles. The molecule has 2 aromatic rings. The van der Waals surface area contributed by atoms with Crippen molar-refractivity contribution in [3.63, 3.8) is 0 Å². The van der Waals surface area contributed by atoms with Gasteiger partial charge in [-0.05, 0) is 12.5 Å². The van der Waals surface area contributed by atoms with Crippen LogP contribution in [0, 0.1) is 6.92 Å². The van der Waals surface area contributed by atoms with Crippen molar-refractivity contribution in [2.75, 3.05) is 14.1 Å². The smallest absolute Gasteiger partial charge is 0.246 e. The fourth-order valence-electron chi connectivity index (χ4n) is 1.67. The standard InChI is InChI=1S/C14H19N5O/c1-11-17-13(20-18-11)10-16-14(19(2)3)15-9-12-7-5-4-6-8-12/h4-8H,9-10H2,1-3H3,(H,15,16). The van der Waals surface area contributed by atoms with Crippen LogP contribution in [0.1, 0.15) is 17.3 Å². The Labute approximate surface area is 118 Å². The first kappa shape index (κ1) is 14.0. The maximum Gasteiger partial charge on any atom is 0.246 e. The molecule has 0 bridgehead atoms. The van der Waals surface area contributed by atoms with Crippen molar-refractivity contribution < 1.29 is 4.52 Å². The predicted octanol–water partition coefficient (Wildman–Crippen LogP) is 1.59. The normalized spacial score (nSPS) is 11.4. The molecule has 1 heterocycles. The summed E-state index contributed by atoms with van der Waals surface area (Å²) in [5, 5.41) is 6.95. The first-order valence-corrected chi connectivity index (χ1v) is 6.44. The van der Waals surface area contributed by atoms with E-state index in [0.717, 1.165) is 5.96 Å². The molecule has 1 N–H and O–H groups in total. The molecule has 0 saturated heterocycles. The molecule has 1 aromatic heterocycles. The second-order valence-corrected chi connectivity index (χ2v) is 4.61. The maximum atomic E-state index is 5.06. The van der Waals surface area contributed by atoms with Crippen molar-refractivity contribution in [1.29, 1.82) is 0 Å². The van der Waals surface area contributed by atoms with Gasteiger partial charge in [0.05, 0.1) is 13.1 Å². The number of guanidine groups is 1. The Morgan fingerprint density at radius 2 is 2.05 bits per heavy atom. The quantitative estimate of drug-likeness (QED) is 0.677. The molecule has 6 nitrogen and oxygen atoms in total. The molecule has 20 heavy (non-hydrogen) atoms. The van der Waals surface area contributed by atoms with Gasteiger partial charge in [0.1, 0.15) is 0 Å². The van der Waals surface area contributed by atoms with Gasteiger partial charge >= 0.3 is 0 Å². The summed E-state index contributed by atoms with van der Waals surface area (Å²) in [5.41, 5.74) is 1.17. The van der Waals surface area contributed by atoms with E-state index in [-0.39, 0.29) is 0 Å². The van der Waals surface area contributed by atoms with Crippen LogP contribution in [0.2, 0.25) is 0 Å². The summed E-state index contributed by atoms with van der Waals surface area (Å²) in [4.78, 5) is 10.6. The van der Waals surface area contributed by atoms with Crippen LogP contribution in [0.25, 0.3) is 0 Å². The Bertz CT molecular complexity index is 562. The highest BCUT2D eigenvalue weighted by molar-refractivity contribution is 5.79. The zero-order chi connectivity index (χ0) is 14.4. The van der Waals surface area contributed by atoms with Gasteiger partial charge in [-0.3, -0.25) is 0 Å². The van der Waals surface area contributed by atoms with Crippen LogP contribution in [0.15, 0.2) is 39.8 Å². The fourth-order valence-corrected chi connectivity index (χ4v) is 1.67. The molecule has 0 radical (unpaired) electrons.